The first-order valence-corrected chi connectivity index (χ1v) is 44.1. The first-order chi connectivity index (χ1) is 51.2. The predicted octanol–water partition coefficient (Wildman–Crippen LogP) is 24.4. The summed E-state index contributed by atoms with van der Waals surface area (Å²) >= 11 is 0. The smallest absolute Gasteiger partial charge is 0.463 e. The van der Waals surface area contributed by atoms with Crippen molar-refractivity contribution in [1.29, 1.82) is 0 Å². The lowest BCUT2D eigenvalue weighted by Gasteiger charge is -2.21. The lowest BCUT2D eigenvalue weighted by Crippen LogP contribution is -2.30. The van der Waals surface area contributed by atoms with Gasteiger partial charge >= 0.3 is 33.6 Å². The van der Waals surface area contributed by atoms with Crippen LogP contribution in [0.15, 0.2) is 146 Å². The number of ether oxygens (including phenoxy) is 3. The van der Waals surface area contributed by atoms with Crippen LogP contribution in [0.1, 0.15) is 329 Å². The van der Waals surface area contributed by atoms with Crippen molar-refractivity contribution < 1.29 is 75.8 Å². The van der Waals surface area contributed by atoms with Gasteiger partial charge in [0.2, 0.25) is 0 Å². The quantitative estimate of drug-likeness (QED) is 0.0146. The van der Waals surface area contributed by atoms with E-state index in [1.165, 1.54) is 103 Å². The van der Waals surface area contributed by atoms with Gasteiger partial charge in [-0.2, -0.15) is 0 Å². The monoisotopic (exact) mass is 1510 g/mol. The van der Waals surface area contributed by atoms with Gasteiger partial charge in [-0.15, -0.1) is 0 Å². The van der Waals surface area contributed by atoms with Crippen molar-refractivity contribution in [2.75, 3.05) is 39.6 Å². The molecule has 0 aliphatic heterocycles. The highest BCUT2D eigenvalue weighted by Crippen LogP contribution is 2.45. The van der Waals surface area contributed by atoms with Gasteiger partial charge < -0.3 is 34.2 Å². The summed E-state index contributed by atoms with van der Waals surface area (Å²) in [6.45, 7) is 2.43. The highest BCUT2D eigenvalue weighted by Gasteiger charge is 2.29. The minimum absolute atomic E-state index is 0.0879. The fourth-order valence-electron chi connectivity index (χ4n) is 10.8. The minimum Gasteiger partial charge on any atom is -0.463 e. The number of rotatable bonds is 77. The van der Waals surface area contributed by atoms with E-state index in [1.807, 2.05) is 0 Å². The summed E-state index contributed by atoms with van der Waals surface area (Å²) in [5.74, 6) is -1.60. The van der Waals surface area contributed by atoms with Crippen LogP contribution >= 0.6 is 15.6 Å². The largest absolute Gasteiger partial charge is 0.472 e. The van der Waals surface area contributed by atoms with Gasteiger partial charge in [0.25, 0.3) is 0 Å². The van der Waals surface area contributed by atoms with Crippen molar-refractivity contribution in [2.45, 2.75) is 347 Å². The molecule has 0 aromatic rings. The van der Waals surface area contributed by atoms with Crippen LogP contribution in [0.4, 0.5) is 0 Å². The van der Waals surface area contributed by atoms with E-state index in [4.69, 9.17) is 32.3 Å². The van der Waals surface area contributed by atoms with Gasteiger partial charge in [-0.1, -0.05) is 314 Å². The zero-order valence-corrected chi connectivity index (χ0v) is 67.6. The van der Waals surface area contributed by atoms with E-state index in [0.717, 1.165) is 167 Å². The molecule has 0 rings (SSSR count). The van der Waals surface area contributed by atoms with Crippen LogP contribution < -0.4 is 0 Å². The Morgan fingerprint density at radius 1 is 0.276 bits per heavy atom. The van der Waals surface area contributed by atoms with E-state index in [1.54, 1.807) is 0 Å². The van der Waals surface area contributed by atoms with E-state index >= 15 is 0 Å². The Morgan fingerprint density at radius 2 is 0.505 bits per heavy atom. The van der Waals surface area contributed by atoms with Crippen LogP contribution in [-0.4, -0.2) is 95.9 Å². The number of allylic oxidation sites excluding steroid dienone is 24. The number of hydrogen-bond acceptors (Lipinski definition) is 14. The SMILES string of the molecule is CC/C=C\C/C=C\C/C=C\C/C=C\C/C=C\C/C=C\CCCCCCCCCCCCCCCCC(=O)OCC(O)COP(=O)(O)OCC(O)COP(=O)(O)OCC(COC(=O)CCCCCCC/C=C\C/C=C\C/C=C\C/C=C\C/C=C\CC)OC(=O)CCCCCCC/C=C\CCCCCCCC. The number of aliphatic hydroxyl groups is 2. The van der Waals surface area contributed by atoms with Crippen LogP contribution in [0.5, 0.6) is 0 Å². The molecule has 0 saturated heterocycles. The number of hydrogen-bond donors (Lipinski definition) is 4. The second-order valence-electron chi connectivity index (χ2n) is 27.2. The third kappa shape index (κ3) is 80.3. The van der Waals surface area contributed by atoms with Crippen LogP contribution in [0.25, 0.3) is 0 Å². The maximum Gasteiger partial charge on any atom is 0.472 e. The van der Waals surface area contributed by atoms with Gasteiger partial charge in [0, 0.05) is 19.3 Å². The first kappa shape index (κ1) is 100. The van der Waals surface area contributed by atoms with Crippen molar-refractivity contribution in [3.63, 3.8) is 0 Å². The van der Waals surface area contributed by atoms with Crippen molar-refractivity contribution in [2.24, 2.45) is 0 Å². The predicted molar refractivity (Wildman–Crippen MR) is 436 cm³/mol. The second kappa shape index (κ2) is 79.0. The average Bonchev–Trinajstić information content (AvgIpc) is 0.940. The van der Waals surface area contributed by atoms with E-state index < -0.39 is 91.5 Å². The standard InChI is InChI=1S/C87H148O16P2/c1-4-7-10-13-16-19-22-25-28-30-32-34-35-36-37-38-39-40-41-42-43-44-45-47-49-50-53-55-58-61-64-67-70-73-85(90)97-76-82(88)77-99-104(93,94)100-78-83(89)79-101-105(95,96)102-81-84(103-87(92)75-72-69-66-63-60-57-52-27-24-21-18-15-12-9-6-3)80-98-86(91)74-71-68-65-62-59-56-54-51-48-46-33-31-29-26-23-20-17-14-11-8-5-2/h7-8,10-11,16-17,19-20,25-29,32-34,36-37,39-40,46,51-52,54,82-84,88-89H,4-6,9,12-15,18,21-24,30-31,35,38,41-45,47-50,53,55-81H2,1-3H3,(H,93,94)(H,95,96)/b10-7-,11-8-,19-16-,20-17-,28-25-,29-26-,34-32-,37-36-,40-39-,46-33-,52-27-,54-51-. The zero-order valence-electron chi connectivity index (χ0n) is 65.9. The Morgan fingerprint density at radius 3 is 0.810 bits per heavy atom. The third-order valence-electron chi connectivity index (χ3n) is 17.0. The summed E-state index contributed by atoms with van der Waals surface area (Å²) in [4.78, 5) is 58.7. The topological polar surface area (TPSA) is 231 Å². The summed E-state index contributed by atoms with van der Waals surface area (Å²) in [7, 11) is -9.80. The van der Waals surface area contributed by atoms with Crippen molar-refractivity contribution in [3.8, 4) is 0 Å². The molecule has 18 heteroatoms. The van der Waals surface area contributed by atoms with Crippen molar-refractivity contribution in [3.05, 3.63) is 146 Å². The summed E-state index contributed by atoms with van der Waals surface area (Å²) in [6, 6.07) is 0. The summed E-state index contributed by atoms with van der Waals surface area (Å²) in [5.41, 5.74) is 0. The molecule has 0 aromatic carbocycles. The fourth-order valence-corrected chi connectivity index (χ4v) is 12.4. The van der Waals surface area contributed by atoms with Crippen LogP contribution in [-0.2, 0) is 55.8 Å². The molecule has 0 aliphatic carbocycles. The fraction of sp³-hybridized carbons (Fsp3) is 0.690. The molecule has 0 aliphatic rings. The van der Waals surface area contributed by atoms with Crippen molar-refractivity contribution >= 4 is 33.6 Å². The average molecular weight is 1510 g/mol. The maximum atomic E-state index is 13.0. The number of phosphoric ester groups is 2. The van der Waals surface area contributed by atoms with Gasteiger partial charge in [0.05, 0.1) is 26.4 Å². The number of esters is 3. The van der Waals surface area contributed by atoms with E-state index in [2.05, 4.69) is 167 Å². The lowest BCUT2D eigenvalue weighted by atomic mass is 10.0. The first-order valence-electron chi connectivity index (χ1n) is 41.1. The molecular formula is C87H148O16P2. The van der Waals surface area contributed by atoms with E-state index in [0.29, 0.717) is 19.3 Å². The maximum absolute atomic E-state index is 13.0. The van der Waals surface area contributed by atoms with Gasteiger partial charge in [-0.25, -0.2) is 9.13 Å². The second-order valence-corrected chi connectivity index (χ2v) is 30.1. The number of carbonyl (C=O) groups is 3. The van der Waals surface area contributed by atoms with Gasteiger partial charge in [0.15, 0.2) is 6.10 Å². The van der Waals surface area contributed by atoms with Crippen molar-refractivity contribution in [1.82, 2.24) is 0 Å². The highest BCUT2D eigenvalue weighted by molar-refractivity contribution is 7.47. The molecule has 4 N–H and O–H groups in total. The lowest BCUT2D eigenvalue weighted by molar-refractivity contribution is -0.161. The number of aliphatic hydroxyl groups excluding tert-OH is 2. The van der Waals surface area contributed by atoms with Crippen LogP contribution in [0.3, 0.4) is 0 Å². The Labute approximate surface area is 638 Å². The molecule has 0 radical (unpaired) electrons. The Hall–Kier alpha value is -4.57. The van der Waals surface area contributed by atoms with E-state index in [-0.39, 0.29) is 19.3 Å². The molecule has 0 heterocycles. The summed E-state index contributed by atoms with van der Waals surface area (Å²) < 4.78 is 61.2. The normalized spacial score (nSPS) is 14.7. The highest BCUT2D eigenvalue weighted by atomic mass is 31.2. The Kier molecular flexibility index (Phi) is 75.6. The summed E-state index contributed by atoms with van der Waals surface area (Å²) in [6.07, 6.45) is 97.6. The molecule has 0 bridgehead atoms. The molecule has 0 spiro atoms. The molecule has 0 saturated carbocycles. The molecule has 0 amide bonds. The Bertz CT molecular complexity index is 2490. The molecule has 0 aromatic heterocycles. The van der Waals surface area contributed by atoms with E-state index in [9.17, 15) is 43.5 Å². The number of carbonyl (C=O) groups excluding carboxylic acids is 3. The molecule has 602 valence electrons. The third-order valence-corrected chi connectivity index (χ3v) is 18.9. The molecule has 105 heavy (non-hydrogen) atoms. The van der Waals surface area contributed by atoms with Gasteiger partial charge in [0.1, 0.15) is 25.4 Å². The van der Waals surface area contributed by atoms with Crippen LogP contribution in [0, 0.1) is 0 Å². The van der Waals surface area contributed by atoms with Crippen LogP contribution in [0.2, 0.25) is 0 Å². The minimum atomic E-state index is -4.94. The molecular weight excluding hydrogens is 1360 g/mol. The number of unbranched alkanes of at least 4 members (excludes halogenated alkanes) is 30. The molecule has 0 fully saturated rings. The van der Waals surface area contributed by atoms with Gasteiger partial charge in [-0.05, 0) is 141 Å². The number of phosphoric acid groups is 2. The summed E-state index contributed by atoms with van der Waals surface area (Å²) in [5, 5.41) is 20.7. The zero-order chi connectivity index (χ0) is 76.6. The molecule has 5 unspecified atom stereocenters. The van der Waals surface area contributed by atoms with Gasteiger partial charge in [-0.3, -0.25) is 32.5 Å². The Balaban J connectivity index is 4.49. The molecule has 16 nitrogen and oxygen atoms in total. The molecule has 5 atom stereocenters.